The second-order valence-electron chi connectivity index (χ2n) is 9.85. The number of hydrogen-bond acceptors (Lipinski definition) is 4. The van der Waals surface area contributed by atoms with Gasteiger partial charge >= 0.3 is 0 Å². The van der Waals surface area contributed by atoms with Crippen LogP contribution >= 0.6 is 35.0 Å². The molecule has 0 radical (unpaired) electrons. The van der Waals surface area contributed by atoms with Crippen LogP contribution in [0.25, 0.3) is 0 Å². The summed E-state index contributed by atoms with van der Waals surface area (Å²) < 4.78 is 2.13. The number of benzene rings is 1. The monoisotopic (exact) mass is 490 g/mol. The van der Waals surface area contributed by atoms with Gasteiger partial charge in [0.1, 0.15) is 5.82 Å². The summed E-state index contributed by atoms with van der Waals surface area (Å²) in [5.41, 5.74) is 0.906. The molecule has 0 unspecified atom stereocenters. The predicted octanol–water partition coefficient (Wildman–Crippen LogP) is 6.26. The Morgan fingerprint density at radius 1 is 1.19 bits per heavy atom. The normalized spacial score (nSPS) is 28.1. The Kier molecular flexibility index (Phi) is 6.30. The molecule has 1 aromatic heterocycles. The van der Waals surface area contributed by atoms with Crippen molar-refractivity contribution in [1.29, 1.82) is 0 Å². The van der Waals surface area contributed by atoms with Gasteiger partial charge in [-0.3, -0.25) is 4.79 Å². The summed E-state index contributed by atoms with van der Waals surface area (Å²) in [4.78, 5) is 12.5. The van der Waals surface area contributed by atoms with Crippen LogP contribution in [0.3, 0.4) is 0 Å². The fraction of sp³-hybridized carbons (Fsp3) is 0.542. The molecule has 1 aromatic carbocycles. The molecule has 1 heterocycles. The molecule has 4 saturated carbocycles. The van der Waals surface area contributed by atoms with Crippen LogP contribution in [0.4, 0.5) is 5.69 Å². The van der Waals surface area contributed by atoms with Crippen molar-refractivity contribution < 1.29 is 4.79 Å². The number of nitrogens with one attached hydrogen (secondary N) is 1. The summed E-state index contributed by atoms with van der Waals surface area (Å²) in [6.07, 6.45) is 11.2. The van der Waals surface area contributed by atoms with Crippen molar-refractivity contribution in [3.05, 3.63) is 46.7 Å². The van der Waals surface area contributed by atoms with Crippen LogP contribution in [-0.2, 0) is 17.8 Å². The van der Waals surface area contributed by atoms with Crippen molar-refractivity contribution in [2.75, 3.05) is 11.1 Å². The van der Waals surface area contributed by atoms with E-state index in [2.05, 4.69) is 26.7 Å². The third-order valence-electron chi connectivity index (χ3n) is 7.34. The molecule has 4 fully saturated rings. The first kappa shape index (κ1) is 22.3. The number of carbonyl (C=O) groups excluding carboxylic acids is 1. The minimum Gasteiger partial charge on any atom is -0.324 e. The van der Waals surface area contributed by atoms with E-state index in [4.69, 9.17) is 23.2 Å². The summed E-state index contributed by atoms with van der Waals surface area (Å²) in [5, 5.41) is 13.6. The standard InChI is InChI=1S/C24H28Cl2N4OS/c1-2-5-30-21(13-24-10-15-6-16(11-24)8-17(7-15)12-24)28-29-23(30)32-14-22(31)27-20-9-18(25)3-4-19(20)26/h2-4,9,15-17H,1,5-8,10-14H2,(H,27,31). The van der Waals surface area contributed by atoms with Gasteiger partial charge in [-0.25, -0.2) is 0 Å². The highest BCUT2D eigenvalue weighted by Crippen LogP contribution is 2.61. The van der Waals surface area contributed by atoms with E-state index in [0.29, 0.717) is 27.7 Å². The maximum atomic E-state index is 12.5. The Labute approximate surface area is 203 Å². The van der Waals surface area contributed by atoms with Crippen molar-refractivity contribution in [3.8, 4) is 0 Å². The number of nitrogens with zero attached hydrogens (tertiary/aromatic N) is 3. The van der Waals surface area contributed by atoms with E-state index in [9.17, 15) is 4.79 Å². The fourth-order valence-electron chi connectivity index (χ4n) is 6.62. The predicted molar refractivity (Wildman–Crippen MR) is 130 cm³/mol. The van der Waals surface area contributed by atoms with Crippen molar-refractivity contribution in [2.45, 2.75) is 56.6 Å². The van der Waals surface area contributed by atoms with Crippen LogP contribution in [-0.4, -0.2) is 26.4 Å². The highest BCUT2D eigenvalue weighted by atomic mass is 35.5. The molecular weight excluding hydrogens is 463 g/mol. The Bertz CT molecular complexity index is 1000. The largest absolute Gasteiger partial charge is 0.324 e. The highest BCUT2D eigenvalue weighted by molar-refractivity contribution is 7.99. The van der Waals surface area contributed by atoms with Gasteiger partial charge in [-0.2, -0.15) is 0 Å². The molecule has 4 aliphatic carbocycles. The van der Waals surface area contributed by atoms with Crippen LogP contribution < -0.4 is 5.32 Å². The maximum Gasteiger partial charge on any atom is 0.234 e. The van der Waals surface area contributed by atoms with E-state index in [1.54, 1.807) is 18.2 Å². The molecule has 0 atom stereocenters. The molecule has 8 heteroatoms. The van der Waals surface area contributed by atoms with Gasteiger partial charge in [-0.05, 0) is 79.9 Å². The van der Waals surface area contributed by atoms with Crippen molar-refractivity contribution in [2.24, 2.45) is 23.2 Å². The summed E-state index contributed by atoms with van der Waals surface area (Å²) >= 11 is 13.6. The fourth-order valence-corrected chi connectivity index (χ4v) is 7.72. The van der Waals surface area contributed by atoms with Gasteiger partial charge in [0.25, 0.3) is 0 Å². The lowest BCUT2D eigenvalue weighted by Crippen LogP contribution is -2.47. The number of rotatable bonds is 8. The van der Waals surface area contributed by atoms with Gasteiger partial charge in [0.05, 0.1) is 16.5 Å². The number of thioether (sulfide) groups is 1. The van der Waals surface area contributed by atoms with Gasteiger partial charge in [-0.15, -0.1) is 16.8 Å². The summed E-state index contributed by atoms with van der Waals surface area (Å²) in [7, 11) is 0. The molecule has 170 valence electrons. The number of hydrogen-bond donors (Lipinski definition) is 1. The average molecular weight is 491 g/mol. The maximum absolute atomic E-state index is 12.5. The van der Waals surface area contributed by atoms with Crippen LogP contribution in [0.15, 0.2) is 36.0 Å². The summed E-state index contributed by atoms with van der Waals surface area (Å²) in [5.74, 6) is 3.83. The second kappa shape index (κ2) is 9.03. The smallest absolute Gasteiger partial charge is 0.234 e. The minimum absolute atomic E-state index is 0.157. The number of allylic oxidation sites excluding steroid dienone is 1. The van der Waals surface area contributed by atoms with Gasteiger partial charge < -0.3 is 9.88 Å². The Balaban J connectivity index is 1.27. The minimum atomic E-state index is -0.157. The molecule has 0 spiro atoms. The van der Waals surface area contributed by atoms with Crippen LogP contribution in [0.5, 0.6) is 0 Å². The van der Waals surface area contributed by atoms with E-state index < -0.39 is 0 Å². The van der Waals surface area contributed by atoms with E-state index in [1.165, 1.54) is 50.3 Å². The zero-order valence-corrected chi connectivity index (χ0v) is 20.4. The summed E-state index contributed by atoms with van der Waals surface area (Å²) in [6.45, 7) is 4.57. The van der Waals surface area contributed by atoms with Gasteiger partial charge in [0.2, 0.25) is 5.91 Å². The van der Waals surface area contributed by atoms with Gasteiger partial charge in [0.15, 0.2) is 5.16 Å². The summed E-state index contributed by atoms with van der Waals surface area (Å²) in [6, 6.07) is 5.01. The average Bonchev–Trinajstić information content (AvgIpc) is 3.09. The number of aromatic nitrogens is 3. The third kappa shape index (κ3) is 4.59. The zero-order valence-electron chi connectivity index (χ0n) is 18.0. The Morgan fingerprint density at radius 3 is 2.53 bits per heavy atom. The number of carbonyl (C=O) groups is 1. The molecule has 4 bridgehead atoms. The van der Waals surface area contributed by atoms with E-state index in [0.717, 1.165) is 35.2 Å². The molecule has 0 saturated heterocycles. The molecule has 32 heavy (non-hydrogen) atoms. The lowest BCUT2D eigenvalue weighted by Gasteiger charge is -2.56. The Hall–Kier alpha value is -1.50. The zero-order chi connectivity index (χ0) is 22.3. The first-order valence-electron chi connectivity index (χ1n) is 11.3. The molecule has 5 nitrogen and oxygen atoms in total. The molecular formula is C24H28Cl2N4OS. The lowest BCUT2D eigenvalue weighted by molar-refractivity contribution is -0.113. The highest BCUT2D eigenvalue weighted by Gasteiger charge is 2.51. The van der Waals surface area contributed by atoms with Crippen molar-refractivity contribution in [3.63, 3.8) is 0 Å². The number of anilines is 1. The first-order valence-corrected chi connectivity index (χ1v) is 13.1. The van der Waals surface area contributed by atoms with Crippen LogP contribution in [0.1, 0.15) is 44.3 Å². The topological polar surface area (TPSA) is 59.8 Å². The molecule has 1 N–H and O–H groups in total. The third-order valence-corrected chi connectivity index (χ3v) is 8.87. The van der Waals surface area contributed by atoms with Crippen LogP contribution in [0.2, 0.25) is 10.0 Å². The van der Waals surface area contributed by atoms with Gasteiger partial charge in [0, 0.05) is 18.0 Å². The van der Waals surface area contributed by atoms with Crippen molar-refractivity contribution >= 4 is 46.6 Å². The molecule has 6 rings (SSSR count). The molecule has 1 amide bonds. The lowest BCUT2D eigenvalue weighted by atomic mass is 9.49. The molecule has 4 aliphatic rings. The van der Waals surface area contributed by atoms with Crippen molar-refractivity contribution in [1.82, 2.24) is 14.8 Å². The second-order valence-corrected chi connectivity index (χ2v) is 11.6. The van der Waals surface area contributed by atoms with E-state index in [1.807, 2.05) is 6.08 Å². The Morgan fingerprint density at radius 2 is 1.88 bits per heavy atom. The van der Waals surface area contributed by atoms with E-state index in [-0.39, 0.29) is 11.7 Å². The number of amides is 1. The quantitative estimate of drug-likeness (QED) is 0.350. The molecule has 2 aromatic rings. The first-order chi connectivity index (χ1) is 15.4. The van der Waals surface area contributed by atoms with Gasteiger partial charge in [-0.1, -0.05) is 41.0 Å². The van der Waals surface area contributed by atoms with Crippen LogP contribution in [0, 0.1) is 23.2 Å². The molecule has 0 aliphatic heterocycles. The SMILES string of the molecule is C=CCn1c(CC23CC4CC(CC(C4)C2)C3)nnc1SCC(=O)Nc1cc(Cl)ccc1Cl. The number of halogens is 2. The van der Waals surface area contributed by atoms with E-state index >= 15 is 0 Å².